The van der Waals surface area contributed by atoms with E-state index in [-0.39, 0.29) is 0 Å². The molecule has 0 amide bonds. The van der Waals surface area contributed by atoms with E-state index in [2.05, 4.69) is 57.8 Å². The molecule has 6 rings (SSSR count). The molecule has 0 saturated carbocycles. The van der Waals surface area contributed by atoms with Gasteiger partial charge in [-0.15, -0.1) is 0 Å². The van der Waals surface area contributed by atoms with Gasteiger partial charge in [0, 0.05) is 60.3 Å². The van der Waals surface area contributed by atoms with Gasteiger partial charge in [0.05, 0.1) is 5.71 Å². The molecule has 6 nitrogen and oxygen atoms in total. The molecule has 5 aromatic rings. The largest absolute Gasteiger partial charge is 0.350 e. The normalized spacial score (nSPS) is 13.1. The van der Waals surface area contributed by atoms with Crippen LogP contribution in [-0.2, 0) is 13.5 Å². The zero-order valence-electron chi connectivity index (χ0n) is 15.9. The quantitative estimate of drug-likeness (QED) is 0.472. The zero-order chi connectivity index (χ0) is 19.4. The average Bonchev–Trinajstić information content (AvgIpc) is 3.52. The summed E-state index contributed by atoms with van der Waals surface area (Å²) in [4.78, 5) is 9.79. The number of aliphatic imine (C=N–C) groups is 1. The van der Waals surface area contributed by atoms with Gasteiger partial charge in [0.1, 0.15) is 11.6 Å². The molecule has 5 heterocycles. The molecule has 4 aromatic heterocycles. The fourth-order valence-electron chi connectivity index (χ4n) is 4.07. The highest BCUT2D eigenvalue weighted by atomic mass is 15.3. The summed E-state index contributed by atoms with van der Waals surface area (Å²) >= 11 is 0. The second-order valence-electron chi connectivity index (χ2n) is 7.25. The number of benzene rings is 1. The van der Waals surface area contributed by atoms with E-state index in [4.69, 9.17) is 9.98 Å². The van der Waals surface area contributed by atoms with Crippen molar-refractivity contribution in [3.8, 4) is 11.6 Å². The van der Waals surface area contributed by atoms with Crippen molar-refractivity contribution in [3.05, 3.63) is 90.5 Å². The molecule has 0 radical (unpaired) electrons. The van der Waals surface area contributed by atoms with E-state index in [0.717, 1.165) is 29.6 Å². The molecule has 0 saturated heterocycles. The lowest BCUT2D eigenvalue weighted by molar-refractivity contribution is 0.835. The first-order valence-corrected chi connectivity index (χ1v) is 9.57. The summed E-state index contributed by atoms with van der Waals surface area (Å²) in [5, 5.41) is 5.52. The number of aryl methyl sites for hydroxylation is 1. The summed E-state index contributed by atoms with van der Waals surface area (Å²) in [7, 11) is 2.08. The molecule has 0 spiro atoms. The van der Waals surface area contributed by atoms with Gasteiger partial charge < -0.3 is 4.57 Å². The van der Waals surface area contributed by atoms with Gasteiger partial charge in [-0.3, -0.25) is 4.57 Å². The summed E-state index contributed by atoms with van der Waals surface area (Å²) in [5.74, 6) is 2.58. The maximum atomic E-state index is 5.02. The van der Waals surface area contributed by atoms with Crippen molar-refractivity contribution in [2.75, 3.05) is 0 Å². The standard InChI is InChI=1S/C23H18N6/c1-27-15-18(17-6-2-3-7-20(17)27)19-14-16-10-13-28(23(16)25-19)21-8-4-9-22(26-21)29-12-5-11-24-29/h2-13,15H,14H2,1H3. The van der Waals surface area contributed by atoms with Crippen molar-refractivity contribution in [1.29, 1.82) is 0 Å². The molecular formula is C23H18N6. The van der Waals surface area contributed by atoms with E-state index in [0.29, 0.717) is 0 Å². The van der Waals surface area contributed by atoms with Crippen LogP contribution in [0.25, 0.3) is 22.5 Å². The predicted octanol–water partition coefficient (Wildman–Crippen LogP) is 4.23. The van der Waals surface area contributed by atoms with Crippen LogP contribution in [0.15, 0.2) is 84.4 Å². The fraction of sp³-hybridized carbons (Fsp3) is 0.0870. The van der Waals surface area contributed by atoms with E-state index in [1.165, 1.54) is 22.0 Å². The highest BCUT2D eigenvalue weighted by Crippen LogP contribution is 2.34. The maximum Gasteiger partial charge on any atom is 0.155 e. The van der Waals surface area contributed by atoms with Crippen LogP contribution < -0.4 is 0 Å². The number of fused-ring (bicyclic) bond motifs is 2. The highest BCUT2D eigenvalue weighted by molar-refractivity contribution is 6.14. The van der Waals surface area contributed by atoms with Crippen LogP contribution in [0.1, 0.15) is 11.1 Å². The SMILES string of the molecule is Cn1cc(C2=Nc3c(ccn3-c3cccc(-n4cccn4)n3)C2)c2ccccc21. The molecule has 0 atom stereocenters. The molecule has 0 fully saturated rings. The number of rotatable bonds is 3. The van der Waals surface area contributed by atoms with Crippen LogP contribution in [0.5, 0.6) is 0 Å². The van der Waals surface area contributed by atoms with E-state index in [1.807, 2.05) is 36.7 Å². The molecule has 1 aliphatic rings. The molecule has 1 aliphatic heterocycles. The molecule has 0 N–H and O–H groups in total. The highest BCUT2D eigenvalue weighted by Gasteiger charge is 2.23. The monoisotopic (exact) mass is 378 g/mol. The third-order valence-corrected chi connectivity index (χ3v) is 5.45. The van der Waals surface area contributed by atoms with Gasteiger partial charge in [0.2, 0.25) is 0 Å². The Labute approximate surface area is 167 Å². The number of pyridine rings is 1. The van der Waals surface area contributed by atoms with Crippen molar-refractivity contribution in [2.24, 2.45) is 12.0 Å². The van der Waals surface area contributed by atoms with Crippen molar-refractivity contribution in [3.63, 3.8) is 0 Å². The summed E-state index contributed by atoms with van der Waals surface area (Å²) in [6, 6.07) is 18.4. The predicted molar refractivity (Wildman–Crippen MR) is 114 cm³/mol. The minimum Gasteiger partial charge on any atom is -0.350 e. The van der Waals surface area contributed by atoms with Gasteiger partial charge in [-0.1, -0.05) is 24.3 Å². The van der Waals surface area contributed by atoms with Gasteiger partial charge >= 0.3 is 0 Å². The lowest BCUT2D eigenvalue weighted by atomic mass is 10.1. The minimum absolute atomic E-state index is 0.784. The molecule has 29 heavy (non-hydrogen) atoms. The molecule has 0 bridgehead atoms. The average molecular weight is 378 g/mol. The Morgan fingerprint density at radius 2 is 1.79 bits per heavy atom. The van der Waals surface area contributed by atoms with E-state index < -0.39 is 0 Å². The first kappa shape index (κ1) is 16.1. The third-order valence-electron chi connectivity index (χ3n) is 5.45. The summed E-state index contributed by atoms with van der Waals surface area (Å²) < 4.78 is 5.98. The Balaban J connectivity index is 1.44. The van der Waals surface area contributed by atoms with Gasteiger partial charge in [-0.2, -0.15) is 5.10 Å². The number of nitrogens with zero attached hydrogens (tertiary/aromatic N) is 6. The number of hydrogen-bond donors (Lipinski definition) is 0. The van der Waals surface area contributed by atoms with Gasteiger partial charge in [-0.05, 0) is 30.3 Å². The van der Waals surface area contributed by atoms with Crippen molar-refractivity contribution < 1.29 is 0 Å². The van der Waals surface area contributed by atoms with Crippen LogP contribution >= 0.6 is 0 Å². The maximum absolute atomic E-state index is 5.02. The first-order chi connectivity index (χ1) is 14.3. The lowest BCUT2D eigenvalue weighted by Crippen LogP contribution is -2.02. The Hall–Kier alpha value is -3.93. The topological polar surface area (TPSA) is 52.9 Å². The fourth-order valence-corrected chi connectivity index (χ4v) is 4.07. The van der Waals surface area contributed by atoms with Gasteiger partial charge in [-0.25, -0.2) is 14.7 Å². The van der Waals surface area contributed by atoms with Crippen LogP contribution in [0, 0.1) is 0 Å². The van der Waals surface area contributed by atoms with Crippen LogP contribution in [0.4, 0.5) is 5.82 Å². The van der Waals surface area contributed by atoms with Crippen LogP contribution in [0.3, 0.4) is 0 Å². The van der Waals surface area contributed by atoms with E-state index in [9.17, 15) is 0 Å². The van der Waals surface area contributed by atoms with Crippen LogP contribution in [-0.4, -0.2) is 29.6 Å². The molecule has 6 heteroatoms. The molecule has 1 aromatic carbocycles. The van der Waals surface area contributed by atoms with E-state index in [1.54, 1.807) is 10.9 Å². The van der Waals surface area contributed by atoms with E-state index >= 15 is 0 Å². The minimum atomic E-state index is 0.784. The first-order valence-electron chi connectivity index (χ1n) is 9.57. The molecule has 0 aliphatic carbocycles. The van der Waals surface area contributed by atoms with Crippen molar-refractivity contribution >= 4 is 22.4 Å². The molecular weight excluding hydrogens is 360 g/mol. The number of para-hydroxylation sites is 1. The Bertz CT molecular complexity index is 1380. The number of hydrogen-bond acceptors (Lipinski definition) is 3. The second-order valence-corrected chi connectivity index (χ2v) is 7.25. The number of aromatic nitrogens is 5. The Morgan fingerprint density at radius 1 is 0.897 bits per heavy atom. The lowest BCUT2D eigenvalue weighted by Gasteiger charge is -2.07. The Kier molecular flexibility index (Phi) is 3.34. The third kappa shape index (κ3) is 2.46. The van der Waals surface area contributed by atoms with Crippen LogP contribution in [0.2, 0.25) is 0 Å². The summed E-state index contributed by atoms with van der Waals surface area (Å²) in [6.45, 7) is 0. The summed E-state index contributed by atoms with van der Waals surface area (Å²) in [5.41, 5.74) is 4.74. The molecule has 0 unspecified atom stereocenters. The van der Waals surface area contributed by atoms with Crippen molar-refractivity contribution in [1.82, 2.24) is 23.9 Å². The van der Waals surface area contributed by atoms with Crippen molar-refractivity contribution in [2.45, 2.75) is 6.42 Å². The molecule has 140 valence electrons. The van der Waals surface area contributed by atoms with Gasteiger partial charge in [0.25, 0.3) is 0 Å². The van der Waals surface area contributed by atoms with Gasteiger partial charge in [0.15, 0.2) is 5.82 Å². The second kappa shape index (κ2) is 6.04. The smallest absolute Gasteiger partial charge is 0.155 e. The zero-order valence-corrected chi connectivity index (χ0v) is 15.9. The summed E-state index contributed by atoms with van der Waals surface area (Å²) in [6.07, 6.45) is 8.69. The Morgan fingerprint density at radius 3 is 2.69 bits per heavy atom.